The van der Waals surface area contributed by atoms with Gasteiger partial charge in [0.05, 0.1) is 5.52 Å². The van der Waals surface area contributed by atoms with Gasteiger partial charge in [-0.2, -0.15) is 0 Å². The summed E-state index contributed by atoms with van der Waals surface area (Å²) >= 11 is 5.98. The fourth-order valence-electron chi connectivity index (χ4n) is 2.16. The highest BCUT2D eigenvalue weighted by Gasteiger charge is 2.05. The first-order valence-electron chi connectivity index (χ1n) is 6.15. The van der Waals surface area contributed by atoms with E-state index in [0.717, 1.165) is 21.9 Å². The molecule has 2 heterocycles. The Hall–Kier alpha value is -2.00. The van der Waals surface area contributed by atoms with Gasteiger partial charge in [-0.25, -0.2) is 4.98 Å². The lowest BCUT2D eigenvalue weighted by atomic mass is 10.2. The summed E-state index contributed by atoms with van der Waals surface area (Å²) < 4.78 is 0. The molecule has 0 radical (unpaired) electrons. The molecule has 0 saturated carbocycles. The second-order valence-corrected chi connectivity index (χ2v) is 4.97. The highest BCUT2D eigenvalue weighted by molar-refractivity contribution is 6.30. The summed E-state index contributed by atoms with van der Waals surface area (Å²) in [5, 5.41) is 5.29. The number of pyridine rings is 1. The molecular formula is C15H14ClN3. The van der Waals surface area contributed by atoms with E-state index in [1.807, 2.05) is 42.7 Å². The van der Waals surface area contributed by atoms with Gasteiger partial charge in [-0.3, -0.25) is 0 Å². The Morgan fingerprint density at radius 2 is 2.21 bits per heavy atom. The van der Waals surface area contributed by atoms with Crippen molar-refractivity contribution in [2.75, 3.05) is 5.32 Å². The Bertz CT molecular complexity index is 718. The monoisotopic (exact) mass is 271 g/mol. The topological polar surface area (TPSA) is 40.7 Å². The van der Waals surface area contributed by atoms with Crippen LogP contribution in [0, 0.1) is 6.92 Å². The lowest BCUT2D eigenvalue weighted by molar-refractivity contribution is 1.12. The molecule has 0 spiro atoms. The Labute approximate surface area is 116 Å². The third-order valence-electron chi connectivity index (χ3n) is 3.16. The molecule has 3 rings (SSSR count). The van der Waals surface area contributed by atoms with E-state index in [9.17, 15) is 0 Å². The first kappa shape index (κ1) is 12.1. The number of anilines is 1. The first-order valence-corrected chi connectivity index (χ1v) is 6.53. The number of aryl methyl sites for hydroxylation is 1. The van der Waals surface area contributed by atoms with Crippen LogP contribution in [0.3, 0.4) is 0 Å². The van der Waals surface area contributed by atoms with Crippen LogP contribution in [0.15, 0.2) is 42.7 Å². The van der Waals surface area contributed by atoms with Crippen LogP contribution in [0.4, 0.5) is 5.82 Å². The van der Waals surface area contributed by atoms with Gasteiger partial charge in [0, 0.05) is 29.3 Å². The fraction of sp³-hybridized carbons (Fsp3) is 0.133. The van der Waals surface area contributed by atoms with Crippen molar-refractivity contribution < 1.29 is 0 Å². The van der Waals surface area contributed by atoms with E-state index in [4.69, 9.17) is 11.6 Å². The van der Waals surface area contributed by atoms with Crippen molar-refractivity contribution in [3.8, 4) is 0 Å². The molecular weight excluding hydrogens is 258 g/mol. The summed E-state index contributed by atoms with van der Waals surface area (Å²) in [6, 6.07) is 9.84. The van der Waals surface area contributed by atoms with E-state index in [2.05, 4.69) is 22.2 Å². The number of fused-ring (bicyclic) bond motifs is 1. The number of nitrogens with zero attached hydrogens (tertiary/aromatic N) is 1. The van der Waals surface area contributed by atoms with Crippen molar-refractivity contribution in [1.82, 2.24) is 9.97 Å². The van der Waals surface area contributed by atoms with Crippen LogP contribution in [-0.2, 0) is 6.54 Å². The summed E-state index contributed by atoms with van der Waals surface area (Å²) in [7, 11) is 0. The van der Waals surface area contributed by atoms with Crippen molar-refractivity contribution in [2.24, 2.45) is 0 Å². The van der Waals surface area contributed by atoms with Crippen molar-refractivity contribution >= 4 is 28.3 Å². The van der Waals surface area contributed by atoms with Gasteiger partial charge >= 0.3 is 0 Å². The van der Waals surface area contributed by atoms with Gasteiger partial charge in [-0.15, -0.1) is 0 Å². The van der Waals surface area contributed by atoms with Crippen molar-refractivity contribution in [1.29, 1.82) is 0 Å². The summed E-state index contributed by atoms with van der Waals surface area (Å²) in [6.45, 7) is 2.78. The molecule has 2 aromatic heterocycles. The molecule has 0 aliphatic rings. The zero-order valence-corrected chi connectivity index (χ0v) is 11.3. The second-order valence-electron chi connectivity index (χ2n) is 4.54. The molecule has 0 fully saturated rings. The van der Waals surface area contributed by atoms with Gasteiger partial charge in [-0.05, 0) is 36.2 Å². The van der Waals surface area contributed by atoms with Crippen LogP contribution in [0.25, 0.3) is 10.9 Å². The smallest absolute Gasteiger partial charge is 0.150 e. The molecule has 0 amide bonds. The summed E-state index contributed by atoms with van der Waals surface area (Å²) in [5.41, 5.74) is 3.40. The van der Waals surface area contributed by atoms with Gasteiger partial charge < -0.3 is 10.3 Å². The predicted octanol–water partition coefficient (Wildman–Crippen LogP) is 4.14. The van der Waals surface area contributed by atoms with Crippen LogP contribution >= 0.6 is 11.6 Å². The Kier molecular flexibility index (Phi) is 3.13. The zero-order chi connectivity index (χ0) is 13.2. The van der Waals surface area contributed by atoms with Crippen molar-refractivity contribution in [2.45, 2.75) is 13.5 Å². The fourth-order valence-corrected chi connectivity index (χ4v) is 2.37. The molecule has 1 aromatic carbocycles. The minimum absolute atomic E-state index is 0.699. The van der Waals surface area contributed by atoms with E-state index in [1.54, 1.807) is 0 Å². The third kappa shape index (κ3) is 2.42. The van der Waals surface area contributed by atoms with E-state index < -0.39 is 0 Å². The third-order valence-corrected chi connectivity index (χ3v) is 3.39. The highest BCUT2D eigenvalue weighted by Crippen LogP contribution is 2.23. The van der Waals surface area contributed by atoms with Gasteiger partial charge in [0.25, 0.3) is 0 Å². The number of halogens is 1. The maximum absolute atomic E-state index is 5.98. The molecule has 96 valence electrons. The number of rotatable bonds is 3. The van der Waals surface area contributed by atoms with Crippen molar-refractivity contribution in [3.05, 3.63) is 58.9 Å². The number of hydrogen-bond donors (Lipinski definition) is 2. The Morgan fingerprint density at radius 1 is 1.32 bits per heavy atom. The number of aromatic amines is 1. The zero-order valence-electron chi connectivity index (χ0n) is 10.6. The van der Waals surface area contributed by atoms with Crippen LogP contribution in [-0.4, -0.2) is 9.97 Å². The summed E-state index contributed by atoms with van der Waals surface area (Å²) in [4.78, 5) is 7.64. The molecule has 0 atom stereocenters. The molecule has 0 saturated heterocycles. The van der Waals surface area contributed by atoms with Crippen LogP contribution < -0.4 is 5.32 Å². The van der Waals surface area contributed by atoms with Crippen molar-refractivity contribution in [3.63, 3.8) is 0 Å². The average molecular weight is 272 g/mol. The number of benzene rings is 1. The lowest BCUT2D eigenvalue weighted by Crippen LogP contribution is -2.01. The number of nitrogens with one attached hydrogen (secondary N) is 2. The van der Waals surface area contributed by atoms with Gasteiger partial charge in [-0.1, -0.05) is 23.7 Å². The van der Waals surface area contributed by atoms with E-state index in [1.165, 1.54) is 10.9 Å². The maximum atomic E-state index is 5.98. The molecule has 0 bridgehead atoms. The SMILES string of the molecule is Cc1c[nH]c2c(NCc3cccc(Cl)c3)nccc12. The first-order chi connectivity index (χ1) is 9.24. The minimum Gasteiger partial charge on any atom is -0.364 e. The largest absolute Gasteiger partial charge is 0.364 e. The molecule has 3 aromatic rings. The average Bonchev–Trinajstić information content (AvgIpc) is 2.79. The van der Waals surface area contributed by atoms with Gasteiger partial charge in [0.1, 0.15) is 0 Å². The van der Waals surface area contributed by atoms with Crippen LogP contribution in [0.5, 0.6) is 0 Å². The Morgan fingerprint density at radius 3 is 3.05 bits per heavy atom. The summed E-state index contributed by atoms with van der Waals surface area (Å²) in [6.07, 6.45) is 3.82. The number of hydrogen-bond acceptors (Lipinski definition) is 2. The molecule has 19 heavy (non-hydrogen) atoms. The molecule has 0 aliphatic heterocycles. The second kappa shape index (κ2) is 4.94. The molecule has 3 nitrogen and oxygen atoms in total. The van der Waals surface area contributed by atoms with Crippen LogP contribution in [0.1, 0.15) is 11.1 Å². The molecule has 0 aliphatic carbocycles. The number of H-pyrrole nitrogens is 1. The highest BCUT2D eigenvalue weighted by atomic mass is 35.5. The number of aromatic nitrogens is 2. The van der Waals surface area contributed by atoms with Gasteiger partial charge in [0.2, 0.25) is 0 Å². The maximum Gasteiger partial charge on any atom is 0.150 e. The van der Waals surface area contributed by atoms with E-state index >= 15 is 0 Å². The molecule has 4 heteroatoms. The molecule has 2 N–H and O–H groups in total. The quantitative estimate of drug-likeness (QED) is 0.752. The van der Waals surface area contributed by atoms with E-state index in [0.29, 0.717) is 6.54 Å². The van der Waals surface area contributed by atoms with Crippen LogP contribution in [0.2, 0.25) is 5.02 Å². The Balaban J connectivity index is 1.86. The molecule has 0 unspecified atom stereocenters. The normalized spacial score (nSPS) is 10.8. The lowest BCUT2D eigenvalue weighted by Gasteiger charge is -2.07. The predicted molar refractivity (Wildman–Crippen MR) is 79.6 cm³/mol. The minimum atomic E-state index is 0.699. The van der Waals surface area contributed by atoms with E-state index in [-0.39, 0.29) is 0 Å². The standard InChI is InChI=1S/C15H14ClN3/c1-10-8-18-14-13(10)5-6-17-15(14)19-9-11-3-2-4-12(16)7-11/h2-8,18H,9H2,1H3,(H,17,19). The summed E-state index contributed by atoms with van der Waals surface area (Å²) in [5.74, 6) is 0.866. The van der Waals surface area contributed by atoms with Gasteiger partial charge in [0.15, 0.2) is 5.82 Å².